The lowest BCUT2D eigenvalue weighted by molar-refractivity contribution is 0.101. The Balaban J connectivity index is 1.86. The first-order valence-electron chi connectivity index (χ1n) is 7.18. The third-order valence-corrected chi connectivity index (χ3v) is 4.14. The van der Waals surface area contributed by atoms with Gasteiger partial charge in [0.1, 0.15) is 5.82 Å². The van der Waals surface area contributed by atoms with E-state index in [-0.39, 0.29) is 11.6 Å². The summed E-state index contributed by atoms with van der Waals surface area (Å²) in [4.78, 5) is 13.7. The molecule has 108 valence electrons. The maximum absolute atomic E-state index is 13.2. The molecule has 0 aromatic heterocycles. The third kappa shape index (κ3) is 2.68. The Morgan fingerprint density at radius 3 is 2.76 bits per heavy atom. The molecule has 0 bridgehead atoms. The second-order valence-corrected chi connectivity index (χ2v) is 5.64. The smallest absolute Gasteiger partial charge is 0.159 e. The molecule has 0 spiro atoms. The van der Waals surface area contributed by atoms with Crippen molar-refractivity contribution in [3.8, 4) is 0 Å². The number of nitrogens with zero attached hydrogens (tertiary/aromatic N) is 1. The van der Waals surface area contributed by atoms with Gasteiger partial charge in [-0.25, -0.2) is 4.39 Å². The molecule has 0 saturated carbocycles. The van der Waals surface area contributed by atoms with E-state index in [0.29, 0.717) is 0 Å². The monoisotopic (exact) mass is 283 g/mol. The minimum Gasteiger partial charge on any atom is -0.367 e. The van der Waals surface area contributed by atoms with E-state index in [1.165, 1.54) is 17.3 Å². The summed E-state index contributed by atoms with van der Waals surface area (Å²) < 4.78 is 13.2. The predicted octanol–water partition coefficient (Wildman–Crippen LogP) is 3.90. The van der Waals surface area contributed by atoms with Crippen LogP contribution in [0.15, 0.2) is 36.4 Å². The number of halogens is 1. The molecular formula is C18H18FNO. The molecule has 2 aromatic rings. The molecule has 0 unspecified atom stereocenters. The van der Waals surface area contributed by atoms with Gasteiger partial charge in [-0.15, -0.1) is 0 Å². The number of hydrogen-bond acceptors (Lipinski definition) is 2. The number of carbonyl (C=O) groups excluding carboxylic acids is 1. The van der Waals surface area contributed by atoms with Crippen molar-refractivity contribution in [2.45, 2.75) is 26.8 Å². The van der Waals surface area contributed by atoms with Crippen molar-refractivity contribution in [1.82, 2.24) is 0 Å². The highest BCUT2D eigenvalue weighted by Gasteiger charge is 2.20. The summed E-state index contributed by atoms with van der Waals surface area (Å²) in [7, 11) is 0. The summed E-state index contributed by atoms with van der Waals surface area (Å²) in [6, 6.07) is 10.8. The molecule has 21 heavy (non-hydrogen) atoms. The average molecular weight is 283 g/mol. The van der Waals surface area contributed by atoms with E-state index in [9.17, 15) is 9.18 Å². The minimum atomic E-state index is -0.191. The number of fused-ring (bicyclic) bond motifs is 1. The molecule has 0 fully saturated rings. The fourth-order valence-electron chi connectivity index (χ4n) is 2.90. The van der Waals surface area contributed by atoms with E-state index in [4.69, 9.17) is 0 Å². The molecule has 0 atom stereocenters. The van der Waals surface area contributed by atoms with Gasteiger partial charge in [0.05, 0.1) is 0 Å². The van der Waals surface area contributed by atoms with Gasteiger partial charge in [0.15, 0.2) is 5.78 Å². The molecule has 0 radical (unpaired) electrons. The summed E-state index contributed by atoms with van der Waals surface area (Å²) in [5.74, 6) is -0.0881. The van der Waals surface area contributed by atoms with Crippen molar-refractivity contribution >= 4 is 11.5 Å². The number of rotatable bonds is 3. The fraction of sp³-hybridized carbons (Fsp3) is 0.278. The zero-order chi connectivity index (χ0) is 15.0. The topological polar surface area (TPSA) is 20.3 Å². The van der Waals surface area contributed by atoms with Crippen LogP contribution < -0.4 is 4.90 Å². The molecule has 1 aliphatic rings. The first kappa shape index (κ1) is 13.8. The Hall–Kier alpha value is -2.16. The number of carbonyl (C=O) groups is 1. The van der Waals surface area contributed by atoms with Gasteiger partial charge in [0.2, 0.25) is 0 Å². The molecule has 2 nitrogen and oxygen atoms in total. The molecule has 2 aromatic carbocycles. The lowest BCUT2D eigenvalue weighted by Crippen LogP contribution is -2.20. The molecule has 0 aliphatic carbocycles. The van der Waals surface area contributed by atoms with Gasteiger partial charge in [-0.2, -0.15) is 0 Å². The lowest BCUT2D eigenvalue weighted by atomic mass is 10.1. The number of benzene rings is 2. The molecule has 0 amide bonds. The van der Waals surface area contributed by atoms with Gasteiger partial charge < -0.3 is 4.90 Å². The number of Topliss-reactive ketones (excluding diaryl/α,β-unsaturated/α-hetero) is 1. The Morgan fingerprint density at radius 2 is 2.05 bits per heavy atom. The predicted molar refractivity (Wildman–Crippen MR) is 82.3 cm³/mol. The van der Waals surface area contributed by atoms with Gasteiger partial charge in [0.25, 0.3) is 0 Å². The zero-order valence-corrected chi connectivity index (χ0v) is 12.3. The number of ketones is 1. The van der Waals surface area contributed by atoms with Gasteiger partial charge in [0, 0.05) is 24.3 Å². The summed E-state index contributed by atoms with van der Waals surface area (Å²) in [5.41, 5.74) is 5.29. The quantitative estimate of drug-likeness (QED) is 0.796. The van der Waals surface area contributed by atoms with E-state index < -0.39 is 0 Å². The normalized spacial score (nSPS) is 13.4. The average Bonchev–Trinajstić information content (AvgIpc) is 2.84. The highest BCUT2D eigenvalue weighted by atomic mass is 19.1. The van der Waals surface area contributed by atoms with Crippen LogP contribution in [-0.4, -0.2) is 12.3 Å². The summed E-state index contributed by atoms with van der Waals surface area (Å²) >= 11 is 0. The van der Waals surface area contributed by atoms with Crippen molar-refractivity contribution in [1.29, 1.82) is 0 Å². The summed E-state index contributed by atoms with van der Waals surface area (Å²) in [6.45, 7) is 5.25. The van der Waals surface area contributed by atoms with Gasteiger partial charge >= 0.3 is 0 Å². The highest BCUT2D eigenvalue weighted by Crippen LogP contribution is 2.30. The molecule has 3 heteroatoms. The van der Waals surface area contributed by atoms with Gasteiger partial charge in [-0.05, 0) is 67.3 Å². The number of anilines is 1. The Kier molecular flexibility index (Phi) is 3.50. The Labute approximate surface area is 124 Å². The molecule has 1 heterocycles. The zero-order valence-electron chi connectivity index (χ0n) is 12.3. The van der Waals surface area contributed by atoms with Crippen LogP contribution in [0.25, 0.3) is 0 Å². The first-order valence-corrected chi connectivity index (χ1v) is 7.18. The summed E-state index contributed by atoms with van der Waals surface area (Å²) in [6.07, 6.45) is 0.955. The van der Waals surface area contributed by atoms with Crippen LogP contribution in [0.4, 0.5) is 10.1 Å². The molecule has 0 saturated heterocycles. The standard InChI is InChI=1S/C18H18FNO/c1-12-9-17(19)5-3-16(12)11-20-8-7-15-10-14(13(2)21)4-6-18(15)20/h3-6,9-10H,7-8,11H2,1-2H3. The number of aryl methyl sites for hydroxylation is 1. The molecule has 3 rings (SSSR count). The van der Waals surface area contributed by atoms with E-state index in [2.05, 4.69) is 4.90 Å². The van der Waals surface area contributed by atoms with E-state index in [1.54, 1.807) is 13.0 Å². The van der Waals surface area contributed by atoms with Crippen molar-refractivity contribution in [2.24, 2.45) is 0 Å². The van der Waals surface area contributed by atoms with Crippen molar-refractivity contribution in [3.05, 3.63) is 64.5 Å². The Morgan fingerprint density at radius 1 is 1.24 bits per heavy atom. The maximum atomic E-state index is 13.2. The van der Waals surface area contributed by atoms with E-state index in [1.807, 2.05) is 31.2 Å². The van der Waals surface area contributed by atoms with Crippen molar-refractivity contribution < 1.29 is 9.18 Å². The molecule has 0 N–H and O–H groups in total. The second-order valence-electron chi connectivity index (χ2n) is 5.64. The summed E-state index contributed by atoms with van der Waals surface area (Å²) in [5, 5.41) is 0. The first-order chi connectivity index (χ1) is 10.0. The molecular weight excluding hydrogens is 265 g/mol. The van der Waals surface area contributed by atoms with E-state index in [0.717, 1.165) is 36.2 Å². The van der Waals surface area contributed by atoms with Crippen LogP contribution in [0.5, 0.6) is 0 Å². The van der Waals surface area contributed by atoms with Crippen LogP contribution in [0.1, 0.15) is 34.0 Å². The van der Waals surface area contributed by atoms with Crippen LogP contribution in [0, 0.1) is 12.7 Å². The van der Waals surface area contributed by atoms with Gasteiger partial charge in [-0.1, -0.05) is 6.07 Å². The fourth-order valence-corrected chi connectivity index (χ4v) is 2.90. The highest BCUT2D eigenvalue weighted by molar-refractivity contribution is 5.94. The van der Waals surface area contributed by atoms with Crippen molar-refractivity contribution in [3.63, 3.8) is 0 Å². The second kappa shape index (κ2) is 5.32. The maximum Gasteiger partial charge on any atom is 0.159 e. The van der Waals surface area contributed by atoms with Crippen LogP contribution >= 0.6 is 0 Å². The van der Waals surface area contributed by atoms with E-state index >= 15 is 0 Å². The van der Waals surface area contributed by atoms with Crippen LogP contribution in [0.2, 0.25) is 0 Å². The third-order valence-electron chi connectivity index (χ3n) is 4.14. The van der Waals surface area contributed by atoms with Crippen molar-refractivity contribution in [2.75, 3.05) is 11.4 Å². The van der Waals surface area contributed by atoms with Gasteiger partial charge in [-0.3, -0.25) is 4.79 Å². The number of hydrogen-bond donors (Lipinski definition) is 0. The molecule has 1 aliphatic heterocycles. The van der Waals surface area contributed by atoms with Crippen LogP contribution in [0.3, 0.4) is 0 Å². The Bertz CT molecular complexity index is 708. The minimum absolute atomic E-state index is 0.102. The van der Waals surface area contributed by atoms with Crippen LogP contribution in [-0.2, 0) is 13.0 Å². The SMILES string of the molecule is CC(=O)c1ccc2c(c1)CCN2Cc1ccc(F)cc1C. The lowest BCUT2D eigenvalue weighted by Gasteiger charge is -2.21. The largest absolute Gasteiger partial charge is 0.367 e.